The van der Waals surface area contributed by atoms with Gasteiger partial charge in [0.05, 0.1) is 5.41 Å². The Kier molecular flexibility index (Phi) is 4.91. The first-order chi connectivity index (χ1) is 7.92. The fourth-order valence-electron chi connectivity index (χ4n) is 2.17. The zero-order chi connectivity index (χ0) is 12.9. The summed E-state index contributed by atoms with van der Waals surface area (Å²) in [6, 6.07) is 0. The van der Waals surface area contributed by atoms with Gasteiger partial charge in [-0.1, -0.05) is 26.2 Å². The Morgan fingerprint density at radius 2 is 1.82 bits per heavy atom. The predicted octanol–water partition coefficient (Wildman–Crippen LogP) is 0.465. The van der Waals surface area contributed by atoms with E-state index in [0.29, 0.717) is 12.8 Å². The lowest BCUT2D eigenvalue weighted by Gasteiger charge is -2.33. The van der Waals surface area contributed by atoms with E-state index in [4.69, 9.17) is 0 Å². The maximum Gasteiger partial charge on any atom is 0.310 e. The van der Waals surface area contributed by atoms with Crippen LogP contribution in [0.3, 0.4) is 0 Å². The van der Waals surface area contributed by atoms with Crippen LogP contribution in [0.1, 0.15) is 39.0 Å². The van der Waals surface area contributed by atoms with Crippen molar-refractivity contribution in [3.05, 3.63) is 0 Å². The Balaban J connectivity index is 2.65. The highest BCUT2D eigenvalue weighted by molar-refractivity contribution is 7.87. The van der Waals surface area contributed by atoms with E-state index >= 15 is 0 Å². The summed E-state index contributed by atoms with van der Waals surface area (Å²) in [6.07, 6.45) is 3.79. The van der Waals surface area contributed by atoms with E-state index in [1.54, 1.807) is 6.92 Å². The molecule has 1 rings (SSSR count). The maximum absolute atomic E-state index is 11.4. The molecule has 0 atom stereocenters. The number of carbonyl (C=O) groups is 1. The summed E-state index contributed by atoms with van der Waals surface area (Å²) in [6.45, 7) is 1.93. The number of hydrogen-bond donors (Lipinski definition) is 3. The number of nitrogens with one attached hydrogen (secondary N) is 2. The second kappa shape index (κ2) is 5.79. The fourth-order valence-corrected chi connectivity index (χ4v) is 3.12. The minimum atomic E-state index is -3.57. The van der Waals surface area contributed by atoms with Gasteiger partial charge >= 0.3 is 5.97 Å². The summed E-state index contributed by atoms with van der Waals surface area (Å²) in [4.78, 5) is 11.3. The first kappa shape index (κ1) is 14.4. The zero-order valence-electron chi connectivity index (χ0n) is 10.0. The van der Waals surface area contributed by atoms with Crippen molar-refractivity contribution in [3.8, 4) is 0 Å². The molecule has 1 aliphatic carbocycles. The summed E-state index contributed by atoms with van der Waals surface area (Å²) < 4.78 is 27.5. The summed E-state index contributed by atoms with van der Waals surface area (Å²) in [7, 11) is -3.57. The first-order valence-corrected chi connectivity index (χ1v) is 7.38. The summed E-state index contributed by atoms with van der Waals surface area (Å²) in [5, 5.41) is 9.26. The molecule has 0 aromatic rings. The number of carboxylic acids is 1. The Hall–Kier alpha value is -0.660. The summed E-state index contributed by atoms with van der Waals surface area (Å²) in [5.41, 5.74) is -0.930. The lowest BCUT2D eigenvalue weighted by atomic mass is 9.74. The maximum atomic E-state index is 11.4. The Morgan fingerprint density at radius 3 is 2.29 bits per heavy atom. The van der Waals surface area contributed by atoms with Crippen LogP contribution in [0.4, 0.5) is 0 Å². The highest BCUT2D eigenvalue weighted by Crippen LogP contribution is 2.36. The molecule has 6 nitrogen and oxygen atoms in total. The van der Waals surface area contributed by atoms with Crippen LogP contribution in [0, 0.1) is 5.41 Å². The Labute approximate surface area is 102 Å². The van der Waals surface area contributed by atoms with E-state index in [0.717, 1.165) is 19.3 Å². The van der Waals surface area contributed by atoms with Crippen LogP contribution >= 0.6 is 0 Å². The molecule has 0 saturated heterocycles. The van der Waals surface area contributed by atoms with Crippen LogP contribution in [0.15, 0.2) is 0 Å². The number of rotatable bonds is 6. The first-order valence-electron chi connectivity index (χ1n) is 5.89. The average molecular weight is 264 g/mol. The second-order valence-corrected chi connectivity index (χ2v) is 6.05. The van der Waals surface area contributed by atoms with E-state index in [-0.39, 0.29) is 13.1 Å². The van der Waals surface area contributed by atoms with Gasteiger partial charge in [-0.2, -0.15) is 8.42 Å². The van der Waals surface area contributed by atoms with E-state index in [9.17, 15) is 18.3 Å². The molecule has 0 aliphatic heterocycles. The van der Waals surface area contributed by atoms with Gasteiger partial charge in [0.25, 0.3) is 10.2 Å². The van der Waals surface area contributed by atoms with Crippen molar-refractivity contribution in [2.75, 3.05) is 13.1 Å². The van der Waals surface area contributed by atoms with Crippen molar-refractivity contribution in [2.24, 2.45) is 5.41 Å². The second-order valence-electron chi connectivity index (χ2n) is 4.47. The lowest BCUT2D eigenvalue weighted by Crippen LogP contribution is -2.47. The smallest absolute Gasteiger partial charge is 0.310 e. The van der Waals surface area contributed by atoms with E-state index < -0.39 is 21.6 Å². The molecule has 0 aromatic heterocycles. The van der Waals surface area contributed by atoms with E-state index in [1.165, 1.54) is 0 Å². The zero-order valence-corrected chi connectivity index (χ0v) is 10.8. The van der Waals surface area contributed by atoms with Gasteiger partial charge in [-0.25, -0.2) is 9.44 Å². The molecule has 0 unspecified atom stereocenters. The van der Waals surface area contributed by atoms with Crippen LogP contribution in [-0.4, -0.2) is 32.6 Å². The van der Waals surface area contributed by atoms with Gasteiger partial charge in [0.15, 0.2) is 0 Å². The van der Waals surface area contributed by atoms with Crippen molar-refractivity contribution in [1.82, 2.24) is 9.44 Å². The van der Waals surface area contributed by atoms with Gasteiger partial charge < -0.3 is 5.11 Å². The van der Waals surface area contributed by atoms with Crippen molar-refractivity contribution in [1.29, 1.82) is 0 Å². The van der Waals surface area contributed by atoms with E-state index in [2.05, 4.69) is 9.44 Å². The molecule has 0 radical (unpaired) electrons. The van der Waals surface area contributed by atoms with Crippen LogP contribution in [0.25, 0.3) is 0 Å². The normalized spacial score (nSPS) is 20.1. The third-order valence-electron chi connectivity index (χ3n) is 3.20. The topological polar surface area (TPSA) is 95.5 Å². The molecular weight excluding hydrogens is 244 g/mol. The summed E-state index contributed by atoms with van der Waals surface area (Å²) >= 11 is 0. The summed E-state index contributed by atoms with van der Waals surface area (Å²) in [5.74, 6) is -0.906. The molecule has 7 heteroatoms. The molecule has 0 aromatic carbocycles. The van der Waals surface area contributed by atoms with Crippen molar-refractivity contribution < 1.29 is 18.3 Å². The minimum Gasteiger partial charge on any atom is -0.481 e. The van der Waals surface area contributed by atoms with Gasteiger partial charge in [0.2, 0.25) is 0 Å². The highest BCUT2D eigenvalue weighted by Gasteiger charge is 2.40. The largest absolute Gasteiger partial charge is 0.481 e. The van der Waals surface area contributed by atoms with Crippen LogP contribution in [-0.2, 0) is 15.0 Å². The Morgan fingerprint density at radius 1 is 1.24 bits per heavy atom. The fraction of sp³-hybridized carbons (Fsp3) is 0.900. The molecule has 100 valence electrons. The lowest BCUT2D eigenvalue weighted by molar-refractivity contribution is -0.150. The molecule has 0 bridgehead atoms. The average Bonchev–Trinajstić information content (AvgIpc) is 2.28. The minimum absolute atomic E-state index is 0.0301. The van der Waals surface area contributed by atoms with Crippen LogP contribution < -0.4 is 9.44 Å². The van der Waals surface area contributed by atoms with Gasteiger partial charge in [0.1, 0.15) is 0 Å². The SMILES string of the molecule is CCNS(=O)(=O)NCC1(C(=O)O)CCCCC1. The molecule has 1 fully saturated rings. The third kappa shape index (κ3) is 3.93. The number of carboxylic acid groups (broad SMARTS) is 1. The van der Waals surface area contributed by atoms with Gasteiger partial charge in [-0.15, -0.1) is 0 Å². The van der Waals surface area contributed by atoms with Gasteiger partial charge in [0, 0.05) is 13.1 Å². The van der Waals surface area contributed by atoms with Crippen molar-refractivity contribution in [2.45, 2.75) is 39.0 Å². The molecule has 0 heterocycles. The standard InChI is InChI=1S/C10H20N2O4S/c1-2-11-17(15,16)12-8-10(9(13)14)6-4-3-5-7-10/h11-12H,2-8H2,1H3,(H,13,14). The number of hydrogen-bond acceptors (Lipinski definition) is 3. The van der Waals surface area contributed by atoms with Crippen molar-refractivity contribution >= 4 is 16.2 Å². The molecule has 3 N–H and O–H groups in total. The van der Waals surface area contributed by atoms with Gasteiger partial charge in [-0.05, 0) is 12.8 Å². The number of aliphatic carboxylic acids is 1. The van der Waals surface area contributed by atoms with E-state index in [1.807, 2.05) is 0 Å². The van der Waals surface area contributed by atoms with Crippen molar-refractivity contribution in [3.63, 3.8) is 0 Å². The predicted molar refractivity (Wildman–Crippen MR) is 63.8 cm³/mol. The van der Waals surface area contributed by atoms with Gasteiger partial charge in [-0.3, -0.25) is 4.79 Å². The monoisotopic (exact) mass is 264 g/mol. The quantitative estimate of drug-likeness (QED) is 0.649. The molecule has 0 spiro atoms. The molecule has 17 heavy (non-hydrogen) atoms. The van der Waals surface area contributed by atoms with Crippen LogP contribution in [0.2, 0.25) is 0 Å². The molecule has 1 saturated carbocycles. The van der Waals surface area contributed by atoms with Crippen LogP contribution in [0.5, 0.6) is 0 Å². The molecule has 1 aliphatic rings. The molecule has 0 amide bonds. The third-order valence-corrected chi connectivity index (χ3v) is 4.39. The molecular formula is C10H20N2O4S. The Bertz CT molecular complexity index is 361. The highest BCUT2D eigenvalue weighted by atomic mass is 32.2.